The molecule has 4 heteroatoms. The number of carbonyl (C=O) groups excluding carboxylic acids is 1. The van der Waals surface area contributed by atoms with Gasteiger partial charge >= 0.3 is 6.09 Å². The van der Waals surface area contributed by atoms with E-state index in [1.807, 2.05) is 32.9 Å². The summed E-state index contributed by atoms with van der Waals surface area (Å²) in [5.74, 6) is 0. The highest BCUT2D eigenvalue weighted by atomic mass is 16.6. The molecule has 21 heavy (non-hydrogen) atoms. The molecular formula is C17H26N2O2. The topological polar surface area (TPSA) is 41.6 Å². The zero-order valence-corrected chi connectivity index (χ0v) is 13.5. The highest BCUT2D eigenvalue weighted by Crippen LogP contribution is 2.25. The Labute approximate surface area is 127 Å². The Morgan fingerprint density at radius 3 is 2.43 bits per heavy atom. The number of ether oxygens (including phenoxy) is 1. The second-order valence-electron chi connectivity index (χ2n) is 6.63. The fourth-order valence-corrected chi connectivity index (χ4v) is 2.50. The number of amides is 1. The number of carbonyl (C=O) groups is 1. The summed E-state index contributed by atoms with van der Waals surface area (Å²) in [6.45, 7) is 6.70. The maximum Gasteiger partial charge on any atom is 0.414 e. The molecule has 1 heterocycles. The van der Waals surface area contributed by atoms with E-state index < -0.39 is 5.60 Å². The van der Waals surface area contributed by atoms with Crippen LogP contribution in [0.15, 0.2) is 24.3 Å². The monoisotopic (exact) mass is 290 g/mol. The van der Waals surface area contributed by atoms with Crippen molar-refractivity contribution < 1.29 is 9.53 Å². The molecule has 1 aromatic rings. The Morgan fingerprint density at radius 1 is 1.24 bits per heavy atom. The normalized spacial score (nSPS) is 19.1. The van der Waals surface area contributed by atoms with E-state index >= 15 is 0 Å². The van der Waals surface area contributed by atoms with Crippen molar-refractivity contribution in [2.45, 2.75) is 51.7 Å². The third-order valence-corrected chi connectivity index (χ3v) is 3.66. The first kappa shape index (κ1) is 15.8. The molecule has 2 rings (SSSR count). The third kappa shape index (κ3) is 4.46. The number of nitrogens with zero attached hydrogens (tertiary/aromatic N) is 1. The van der Waals surface area contributed by atoms with Gasteiger partial charge < -0.3 is 10.1 Å². The quantitative estimate of drug-likeness (QED) is 0.899. The van der Waals surface area contributed by atoms with E-state index in [0.717, 1.165) is 12.2 Å². The predicted molar refractivity (Wildman–Crippen MR) is 85.7 cm³/mol. The molecule has 1 saturated heterocycles. The van der Waals surface area contributed by atoms with Crippen molar-refractivity contribution in [1.29, 1.82) is 0 Å². The third-order valence-electron chi connectivity index (χ3n) is 3.66. The van der Waals surface area contributed by atoms with Crippen LogP contribution in [0.25, 0.3) is 0 Å². The summed E-state index contributed by atoms with van der Waals surface area (Å²) in [6, 6.07) is 8.60. The van der Waals surface area contributed by atoms with Crippen LogP contribution in [-0.2, 0) is 4.74 Å². The maximum absolute atomic E-state index is 12.0. The van der Waals surface area contributed by atoms with Crippen LogP contribution in [0.4, 0.5) is 10.5 Å². The van der Waals surface area contributed by atoms with Crippen molar-refractivity contribution in [2.24, 2.45) is 0 Å². The fraction of sp³-hybridized carbons (Fsp3) is 0.588. The van der Waals surface area contributed by atoms with E-state index in [2.05, 4.69) is 17.4 Å². The first-order valence-electron chi connectivity index (χ1n) is 7.67. The molecule has 1 amide bonds. The van der Waals surface area contributed by atoms with Gasteiger partial charge in [-0.2, -0.15) is 0 Å². The van der Waals surface area contributed by atoms with Crippen LogP contribution in [0.1, 0.15) is 51.6 Å². The zero-order chi connectivity index (χ0) is 15.5. The summed E-state index contributed by atoms with van der Waals surface area (Å²) in [5.41, 5.74) is 1.66. The minimum atomic E-state index is -0.475. The lowest BCUT2D eigenvalue weighted by Gasteiger charge is -2.26. The molecule has 1 atom stereocenters. The smallest absolute Gasteiger partial charge is 0.414 e. The summed E-state index contributed by atoms with van der Waals surface area (Å²) in [7, 11) is 1.74. The molecule has 1 N–H and O–H groups in total. The molecule has 0 spiro atoms. The van der Waals surface area contributed by atoms with Crippen molar-refractivity contribution in [3.8, 4) is 0 Å². The molecule has 0 aromatic heterocycles. The molecule has 4 nitrogen and oxygen atoms in total. The Bertz CT molecular complexity index is 471. The Hall–Kier alpha value is -1.55. The Balaban J connectivity index is 2.02. The van der Waals surface area contributed by atoms with Crippen LogP contribution in [0.5, 0.6) is 0 Å². The van der Waals surface area contributed by atoms with Crippen molar-refractivity contribution in [3.63, 3.8) is 0 Å². The van der Waals surface area contributed by atoms with Gasteiger partial charge in [0.25, 0.3) is 0 Å². The van der Waals surface area contributed by atoms with E-state index in [1.54, 1.807) is 11.9 Å². The number of nitrogens with one attached hydrogen (secondary N) is 1. The lowest BCUT2D eigenvalue weighted by atomic mass is 9.97. The average Bonchev–Trinajstić information content (AvgIpc) is 2.46. The van der Waals surface area contributed by atoms with E-state index in [1.165, 1.54) is 24.8 Å². The average molecular weight is 290 g/mol. The molecule has 0 aliphatic carbocycles. The van der Waals surface area contributed by atoms with E-state index in [0.29, 0.717) is 6.04 Å². The van der Waals surface area contributed by atoms with E-state index in [9.17, 15) is 4.79 Å². The van der Waals surface area contributed by atoms with Gasteiger partial charge in [-0.15, -0.1) is 0 Å². The molecule has 116 valence electrons. The SMILES string of the molecule is CN(C(=O)OC(C)(C)C)c1ccc(C2CCCCN2)cc1. The summed E-state index contributed by atoms with van der Waals surface area (Å²) in [5, 5.41) is 3.53. The highest BCUT2D eigenvalue weighted by Gasteiger charge is 2.21. The molecule has 1 aliphatic heterocycles. The van der Waals surface area contributed by atoms with E-state index in [4.69, 9.17) is 4.74 Å². The van der Waals surface area contributed by atoms with Crippen molar-refractivity contribution in [1.82, 2.24) is 5.32 Å². The molecular weight excluding hydrogens is 264 g/mol. The summed E-state index contributed by atoms with van der Waals surface area (Å²) >= 11 is 0. The second kappa shape index (κ2) is 6.48. The van der Waals surface area contributed by atoms with Gasteiger partial charge in [0.15, 0.2) is 0 Å². The number of piperidine rings is 1. The Morgan fingerprint density at radius 2 is 1.90 bits per heavy atom. The molecule has 0 bridgehead atoms. The van der Waals surface area contributed by atoms with Crippen LogP contribution < -0.4 is 10.2 Å². The van der Waals surface area contributed by atoms with Gasteiger partial charge in [0.1, 0.15) is 5.60 Å². The Kier molecular flexibility index (Phi) is 4.88. The molecule has 0 radical (unpaired) electrons. The molecule has 1 aromatic carbocycles. The van der Waals surface area contributed by atoms with Gasteiger partial charge in [0, 0.05) is 18.8 Å². The van der Waals surface area contributed by atoms with Crippen LogP contribution >= 0.6 is 0 Å². The van der Waals surface area contributed by atoms with Crippen molar-refractivity contribution in [3.05, 3.63) is 29.8 Å². The first-order chi connectivity index (χ1) is 9.87. The first-order valence-corrected chi connectivity index (χ1v) is 7.67. The maximum atomic E-state index is 12.0. The van der Waals surface area contributed by atoms with Crippen molar-refractivity contribution in [2.75, 3.05) is 18.5 Å². The van der Waals surface area contributed by atoms with Gasteiger partial charge in [0.05, 0.1) is 0 Å². The number of anilines is 1. The lowest BCUT2D eigenvalue weighted by Crippen LogP contribution is -2.34. The van der Waals surface area contributed by atoms with Gasteiger partial charge in [-0.05, 0) is 57.9 Å². The van der Waals surface area contributed by atoms with Gasteiger partial charge in [-0.3, -0.25) is 4.90 Å². The highest BCUT2D eigenvalue weighted by molar-refractivity contribution is 5.87. The van der Waals surface area contributed by atoms with Gasteiger partial charge in [-0.25, -0.2) is 4.79 Å². The van der Waals surface area contributed by atoms with Crippen LogP contribution in [0, 0.1) is 0 Å². The van der Waals surface area contributed by atoms with Crippen LogP contribution in [-0.4, -0.2) is 25.3 Å². The minimum Gasteiger partial charge on any atom is -0.443 e. The van der Waals surface area contributed by atoms with Gasteiger partial charge in [0.2, 0.25) is 0 Å². The van der Waals surface area contributed by atoms with E-state index in [-0.39, 0.29) is 6.09 Å². The minimum absolute atomic E-state index is 0.328. The zero-order valence-electron chi connectivity index (χ0n) is 13.5. The number of hydrogen-bond acceptors (Lipinski definition) is 3. The van der Waals surface area contributed by atoms with Crippen LogP contribution in [0.2, 0.25) is 0 Å². The summed E-state index contributed by atoms with van der Waals surface area (Å²) in [4.78, 5) is 13.6. The molecule has 1 aliphatic rings. The second-order valence-corrected chi connectivity index (χ2v) is 6.63. The summed E-state index contributed by atoms with van der Waals surface area (Å²) in [6.07, 6.45) is 3.39. The predicted octanol–water partition coefficient (Wildman–Crippen LogP) is 3.87. The number of hydrogen-bond donors (Lipinski definition) is 1. The van der Waals surface area contributed by atoms with Crippen LogP contribution in [0.3, 0.4) is 0 Å². The standard InChI is InChI=1S/C17H26N2O2/c1-17(2,3)21-16(20)19(4)14-10-8-13(9-11-14)15-7-5-6-12-18-15/h8-11,15,18H,5-7,12H2,1-4H3. The molecule has 1 unspecified atom stereocenters. The summed E-state index contributed by atoms with van der Waals surface area (Å²) < 4.78 is 5.38. The number of rotatable bonds is 2. The largest absolute Gasteiger partial charge is 0.443 e. The molecule has 0 saturated carbocycles. The lowest BCUT2D eigenvalue weighted by molar-refractivity contribution is 0.0589. The number of benzene rings is 1. The molecule has 1 fully saturated rings. The van der Waals surface area contributed by atoms with Crippen molar-refractivity contribution >= 4 is 11.8 Å². The fourth-order valence-electron chi connectivity index (χ4n) is 2.50. The van der Waals surface area contributed by atoms with Gasteiger partial charge in [-0.1, -0.05) is 18.6 Å².